The number of likely N-dealkylation sites (tertiary alicyclic amines) is 1. The molecular weight excluding hydrogens is 2040 g/mol. The van der Waals surface area contributed by atoms with Crippen LogP contribution in [-0.2, 0) is 125 Å². The molecule has 806 valence electrons. The number of Topliss-reactive ketones (excluding diaryl/α,β-unsaturated/α-hetero) is 4. The molecule has 6 heterocycles. The summed E-state index contributed by atoms with van der Waals surface area (Å²) in [4.78, 5) is 264. The molecule has 2 aromatic heterocycles. The SMILES string of the molecule is CC(C)[C@@H]1NC(=O)[C@H](Cc2ccc(F)cc2)NC(=O)[C@H](Cc2ccc(Cl)cc2)CC(=O)CCCSC[C@@H](C(=O)N2CSC[C@H]2C(=O)N[C@H](CCCN=C(N)N)C(=O)NCc2cccs2)CC(=O)[C@H](CC(N)=O)NC1=O.CC(C)[C@@H]1NC(=O)[C@H](Cc2cccs2)NC(=O)[C@H](Cc2ccc(O)cc2)CC(=O)CCCSC[C@@H](C(=O)N2CCC[C@H]2C(=O)N[C@H](CCCN=C(N)N)C(=O)NCc2ccccc2)CC(=O)[C@H](CC(N)=O)NC1=O. The summed E-state index contributed by atoms with van der Waals surface area (Å²) in [6.07, 6.45) is 0.114. The Morgan fingerprint density at radius 3 is 1.38 bits per heavy atom. The van der Waals surface area contributed by atoms with Crippen LogP contribution in [-0.4, -0.2) is 247 Å². The van der Waals surface area contributed by atoms with E-state index in [2.05, 4.69) is 63.2 Å². The van der Waals surface area contributed by atoms with E-state index in [1.807, 2.05) is 53.2 Å². The Bertz CT molecular complexity index is 5620. The van der Waals surface area contributed by atoms with E-state index in [9.17, 15) is 95.8 Å². The molecule has 39 nitrogen and oxygen atoms in total. The molecule has 14 amide bonds. The fourth-order valence-corrected chi connectivity index (χ4v) is 22.1. The third-order valence-electron chi connectivity index (χ3n) is 25.3. The van der Waals surface area contributed by atoms with Crippen molar-refractivity contribution in [3.8, 4) is 5.75 Å². The maximum atomic E-state index is 14.7. The lowest BCUT2D eigenvalue weighted by Gasteiger charge is -2.30. The van der Waals surface area contributed by atoms with Gasteiger partial charge in [-0.2, -0.15) is 23.5 Å². The molecular formula is C103H136ClFN20O19S5. The number of ketones is 4. The zero-order chi connectivity index (χ0) is 108. The summed E-state index contributed by atoms with van der Waals surface area (Å²) in [5.41, 5.74) is 35.9. The molecule has 4 saturated heterocycles. The van der Waals surface area contributed by atoms with Crippen molar-refractivity contribution in [1.82, 2.24) is 63.0 Å². The highest BCUT2D eigenvalue weighted by molar-refractivity contribution is 7.99. The van der Waals surface area contributed by atoms with Crippen LogP contribution in [0.25, 0.3) is 0 Å². The molecule has 10 rings (SSSR count). The number of thiophene rings is 2. The van der Waals surface area contributed by atoms with Gasteiger partial charge in [0.05, 0.1) is 49.2 Å². The van der Waals surface area contributed by atoms with E-state index < -0.39 is 222 Å². The number of carbonyl (C=O) groups is 18. The summed E-state index contributed by atoms with van der Waals surface area (Å²) in [7, 11) is 0. The number of amides is 14. The highest BCUT2D eigenvalue weighted by Gasteiger charge is 2.45. The van der Waals surface area contributed by atoms with Crippen molar-refractivity contribution in [2.24, 2.45) is 79.9 Å². The summed E-state index contributed by atoms with van der Waals surface area (Å²) in [5, 5.41) is 41.8. The van der Waals surface area contributed by atoms with Gasteiger partial charge in [0.25, 0.3) is 0 Å². The maximum absolute atomic E-state index is 14.7. The van der Waals surface area contributed by atoms with Gasteiger partial charge >= 0.3 is 0 Å². The van der Waals surface area contributed by atoms with Crippen molar-refractivity contribution in [2.75, 3.05) is 54.3 Å². The molecule has 14 atom stereocenters. The molecule has 23 N–H and O–H groups in total. The first kappa shape index (κ1) is 120. The number of nitrogens with one attached hydrogen (secondary N) is 10. The first-order valence-electron chi connectivity index (χ1n) is 49.6. The number of nitrogens with two attached hydrogens (primary N) is 6. The van der Waals surface area contributed by atoms with Crippen LogP contribution in [0.5, 0.6) is 5.75 Å². The molecule has 0 radical (unpaired) electrons. The number of aromatic hydroxyl groups is 1. The van der Waals surface area contributed by atoms with Crippen LogP contribution in [0.2, 0.25) is 5.02 Å². The molecule has 4 aliphatic rings. The van der Waals surface area contributed by atoms with Gasteiger partial charge in [0.1, 0.15) is 71.5 Å². The van der Waals surface area contributed by atoms with Gasteiger partial charge in [0.2, 0.25) is 82.7 Å². The van der Waals surface area contributed by atoms with Crippen molar-refractivity contribution < 1.29 is 95.8 Å². The van der Waals surface area contributed by atoms with E-state index in [0.717, 1.165) is 15.3 Å². The summed E-state index contributed by atoms with van der Waals surface area (Å²) in [5.74, 6) is -16.2. The van der Waals surface area contributed by atoms with Crippen LogP contribution < -0.4 is 87.6 Å². The third-order valence-corrected chi connectivity index (χ3v) is 30.8. The number of guanidine groups is 2. The quantitative estimate of drug-likeness (QED) is 0.0150. The van der Waals surface area contributed by atoms with E-state index in [-0.39, 0.29) is 156 Å². The minimum Gasteiger partial charge on any atom is -0.508 e. The largest absolute Gasteiger partial charge is 0.508 e. The number of thioether (sulfide) groups is 3. The predicted octanol–water partition coefficient (Wildman–Crippen LogP) is 4.49. The predicted molar refractivity (Wildman–Crippen MR) is 570 cm³/mol. The molecule has 149 heavy (non-hydrogen) atoms. The molecule has 0 bridgehead atoms. The molecule has 4 aromatic carbocycles. The Morgan fingerprint density at radius 1 is 0.463 bits per heavy atom. The van der Waals surface area contributed by atoms with Crippen LogP contribution in [0, 0.1) is 41.3 Å². The number of hydrogen-bond donors (Lipinski definition) is 17. The Balaban J connectivity index is 0.000000331. The lowest BCUT2D eigenvalue weighted by atomic mass is 9.91. The maximum Gasteiger partial charge on any atom is 0.244 e. The van der Waals surface area contributed by atoms with Gasteiger partial charge in [-0.3, -0.25) is 96.3 Å². The van der Waals surface area contributed by atoms with Gasteiger partial charge in [0, 0.05) is 121 Å². The Hall–Kier alpha value is -12.9. The molecule has 0 unspecified atom stereocenters. The highest BCUT2D eigenvalue weighted by atomic mass is 35.5. The van der Waals surface area contributed by atoms with Crippen LogP contribution in [0.15, 0.2) is 148 Å². The molecule has 0 spiro atoms. The number of primary amides is 2. The Morgan fingerprint density at radius 2 is 0.906 bits per heavy atom. The van der Waals surface area contributed by atoms with Crippen LogP contribution in [0.1, 0.15) is 162 Å². The number of rotatable bonds is 34. The monoisotopic (exact) mass is 2170 g/mol. The van der Waals surface area contributed by atoms with Crippen LogP contribution >= 0.6 is 69.6 Å². The third kappa shape index (κ3) is 40.5. The Kier molecular flexibility index (Phi) is 49.3. The Labute approximate surface area is 890 Å². The standard InChI is InChI=1S/C52H70N10O10S2.C51H66ClFN10O9S3/c1-31(2)45-50(71)59-40(28-44(53)66)43(65)26-35(51(72)62-21-7-15-42(62)49(70)58-39(14-6-20-56-52(54)55)47(68)57-29-33-10-4-3-5-11-33)30-73-22-8-12-37(64)25-34(24-32-16-18-36(63)19-17-32)46(67)60-41(48(69)61-45)27-38-13-9-23-74-38;1-29(2)44-49(71)60-39(24-43(54)66)42(65)23-33(50(72)63-28-74-27-41(63)48(70)59-38(8-3-17-57-51(55)56)46(68)58-25-37-7-5-19-75-37)26-73-18-4-6-36(64)22-32(20-30-9-13-34(52)14-10-30)45(67)61-40(47(69)62-44)21-31-11-15-35(53)16-12-31/h3-5,9-11,13,16-19,23,31,34-35,39-42,45,63H,6-8,12,14-15,20-22,24-30H2,1-2H3,(H2,53,66)(H,57,68)(H,58,70)(H,59,71)(H,60,67)(H,61,69)(H4,54,55,56);5,7,9-16,19,29,32-33,38-41,44H,3-4,6,8,17-18,20-28H2,1-2H3,(H2,54,66)(H,58,68)(H,59,70)(H,60,71)(H,61,67)(H,62,69)(H4,55,56,57)/t34-,35+,39-,40+,41+,42+,45+;32-,33+,38-,39+,40+,41+,44+/m11/s1. The number of phenols is 1. The average Bonchev–Trinajstić information content (AvgIpc) is 1.67. The molecule has 0 saturated carbocycles. The number of phenolic OH excluding ortho intramolecular Hbond substituents is 1. The van der Waals surface area contributed by atoms with E-state index in [4.69, 9.17) is 46.0 Å². The second-order valence-corrected chi connectivity index (χ2v) is 43.7. The zero-order valence-corrected chi connectivity index (χ0v) is 88.6. The average molecular weight is 2170 g/mol. The lowest BCUT2D eigenvalue weighted by Crippen LogP contribution is -2.58. The van der Waals surface area contributed by atoms with Crippen molar-refractivity contribution in [1.29, 1.82) is 0 Å². The summed E-state index contributed by atoms with van der Waals surface area (Å²) in [6.45, 7) is 7.60. The first-order chi connectivity index (χ1) is 71.1. The van der Waals surface area contributed by atoms with Gasteiger partial charge in [0.15, 0.2) is 23.5 Å². The van der Waals surface area contributed by atoms with Gasteiger partial charge in [-0.25, -0.2) is 4.39 Å². The summed E-state index contributed by atoms with van der Waals surface area (Å²) >= 11 is 12.9. The molecule has 0 aliphatic carbocycles. The fraction of sp³-hybridized carbons (Fsp3) is 0.495. The van der Waals surface area contributed by atoms with Gasteiger partial charge < -0.3 is 102 Å². The minimum absolute atomic E-state index is 0.0252. The van der Waals surface area contributed by atoms with Crippen molar-refractivity contribution in [3.63, 3.8) is 0 Å². The van der Waals surface area contributed by atoms with E-state index in [0.29, 0.717) is 65.3 Å². The van der Waals surface area contributed by atoms with Gasteiger partial charge in [-0.1, -0.05) is 118 Å². The smallest absolute Gasteiger partial charge is 0.244 e. The topological polar surface area (TPSA) is 635 Å². The first-order valence-corrected chi connectivity index (χ1v) is 55.2. The number of nitrogens with zero attached hydrogens (tertiary/aromatic N) is 4. The number of halogens is 2. The van der Waals surface area contributed by atoms with Gasteiger partial charge in [-0.05, 0) is 169 Å². The fourth-order valence-electron chi connectivity index (χ4n) is 17.3. The van der Waals surface area contributed by atoms with Gasteiger partial charge in [-0.15, -0.1) is 34.4 Å². The van der Waals surface area contributed by atoms with Crippen LogP contribution in [0.4, 0.5) is 4.39 Å². The summed E-state index contributed by atoms with van der Waals surface area (Å²) in [6, 6.07) is 22.6. The number of carbonyl (C=O) groups excluding carboxylic acids is 18. The highest BCUT2D eigenvalue weighted by Crippen LogP contribution is 2.32. The van der Waals surface area contributed by atoms with Crippen molar-refractivity contribution in [2.45, 2.75) is 230 Å². The lowest BCUT2D eigenvalue weighted by molar-refractivity contribution is -0.143. The van der Waals surface area contributed by atoms with Crippen molar-refractivity contribution >= 4 is 187 Å². The number of aliphatic imine (C=N–C) groups is 2. The number of hydrogen-bond acceptors (Lipinski definition) is 26. The molecule has 46 heteroatoms. The van der Waals surface area contributed by atoms with E-state index in [1.54, 1.807) is 76.2 Å². The zero-order valence-electron chi connectivity index (χ0n) is 83.8. The normalized spacial score (nSPS) is 22.1. The molecule has 4 fully saturated rings. The minimum atomic E-state index is -1.54. The second kappa shape index (κ2) is 61.3. The number of benzene rings is 4. The molecule has 4 aliphatic heterocycles. The second-order valence-electron chi connectivity index (χ2n) is 37.9. The summed E-state index contributed by atoms with van der Waals surface area (Å²) < 4.78 is 14.0. The molecule has 6 aromatic rings. The van der Waals surface area contributed by atoms with Crippen LogP contribution in [0.3, 0.4) is 0 Å². The van der Waals surface area contributed by atoms with Crippen molar-refractivity contribution in [3.05, 3.63) is 181 Å². The van der Waals surface area contributed by atoms with E-state index >= 15 is 0 Å². The van der Waals surface area contributed by atoms with E-state index in [1.165, 1.54) is 104 Å².